The van der Waals surface area contributed by atoms with Gasteiger partial charge in [-0.2, -0.15) is 14.6 Å². The Morgan fingerprint density at radius 1 is 1.19 bits per heavy atom. The molecule has 3 aromatic heterocycles. The summed E-state index contributed by atoms with van der Waals surface area (Å²) >= 11 is 0. The smallest absolute Gasteiger partial charge is 0.227 e. The fourth-order valence-electron chi connectivity index (χ4n) is 5.21. The molecule has 2 N–H and O–H groups in total. The third kappa shape index (κ3) is 3.35. The molecule has 6 rings (SSSR count). The van der Waals surface area contributed by atoms with Gasteiger partial charge >= 0.3 is 0 Å². The Morgan fingerprint density at radius 2 is 2.09 bits per heavy atom. The van der Waals surface area contributed by atoms with E-state index in [1.165, 1.54) is 22.2 Å². The standard InChI is InChI=1S/C25H30N6O/c1-15(2)20-13-26-31-24(20)29-23(16-6-5-11-32-14-16)30-25(31)27-17-9-10-22-19(12-17)18-7-3-4-8-21(18)28-22/h3-4,7-8,13,15-17,28H,5-6,9-12,14H2,1-2H3,(H,27,29,30)/t16-,17+/m0/s1. The Balaban J connectivity index is 1.36. The van der Waals surface area contributed by atoms with Gasteiger partial charge in [-0.15, -0.1) is 0 Å². The molecule has 32 heavy (non-hydrogen) atoms. The van der Waals surface area contributed by atoms with Crippen molar-refractivity contribution < 1.29 is 4.74 Å². The van der Waals surface area contributed by atoms with Crippen LogP contribution in [-0.2, 0) is 17.6 Å². The van der Waals surface area contributed by atoms with Crippen molar-refractivity contribution in [1.82, 2.24) is 24.6 Å². The number of aromatic nitrogens is 5. The van der Waals surface area contributed by atoms with Gasteiger partial charge in [0.15, 0.2) is 5.65 Å². The van der Waals surface area contributed by atoms with Gasteiger partial charge in [-0.05, 0) is 49.7 Å². The summed E-state index contributed by atoms with van der Waals surface area (Å²) in [5, 5.41) is 9.75. The summed E-state index contributed by atoms with van der Waals surface area (Å²) in [5.74, 6) is 2.28. The first-order valence-electron chi connectivity index (χ1n) is 11.9. The fourth-order valence-corrected chi connectivity index (χ4v) is 5.21. The van der Waals surface area contributed by atoms with Crippen LogP contribution in [0.5, 0.6) is 0 Å². The highest BCUT2D eigenvalue weighted by molar-refractivity contribution is 5.85. The van der Waals surface area contributed by atoms with Crippen molar-refractivity contribution in [3.05, 3.63) is 53.1 Å². The summed E-state index contributed by atoms with van der Waals surface area (Å²) < 4.78 is 7.64. The summed E-state index contributed by atoms with van der Waals surface area (Å²) in [7, 11) is 0. The molecule has 1 aromatic carbocycles. The van der Waals surface area contributed by atoms with Gasteiger partial charge in [-0.3, -0.25) is 0 Å². The number of hydrogen-bond acceptors (Lipinski definition) is 5. The molecule has 0 unspecified atom stereocenters. The number of benzene rings is 1. The van der Waals surface area contributed by atoms with E-state index >= 15 is 0 Å². The summed E-state index contributed by atoms with van der Waals surface area (Å²) in [5.41, 5.74) is 6.12. The van der Waals surface area contributed by atoms with Crippen molar-refractivity contribution in [2.24, 2.45) is 0 Å². The number of hydrogen-bond donors (Lipinski definition) is 2. The highest BCUT2D eigenvalue weighted by Gasteiger charge is 2.26. The SMILES string of the molecule is CC(C)c1cnn2c(N[C@@H]3CCc4[nH]c5ccccc5c4C3)nc([C@H]3CCCOC3)nc12. The topological polar surface area (TPSA) is 80.1 Å². The molecular formula is C25H30N6O. The number of aryl methyl sites for hydroxylation is 1. The van der Waals surface area contributed by atoms with Gasteiger partial charge in [0.1, 0.15) is 5.82 Å². The van der Waals surface area contributed by atoms with Crippen LogP contribution in [0.25, 0.3) is 16.6 Å². The fraction of sp³-hybridized carbons (Fsp3) is 0.480. The maximum atomic E-state index is 5.74. The van der Waals surface area contributed by atoms with Gasteiger partial charge in [0, 0.05) is 40.7 Å². The molecule has 4 heterocycles. The van der Waals surface area contributed by atoms with Crippen LogP contribution >= 0.6 is 0 Å². The number of nitrogens with zero attached hydrogens (tertiary/aromatic N) is 4. The summed E-state index contributed by atoms with van der Waals surface area (Å²) in [6.07, 6.45) is 7.15. The van der Waals surface area contributed by atoms with Crippen molar-refractivity contribution >= 4 is 22.5 Å². The van der Waals surface area contributed by atoms with Gasteiger partial charge in [-0.1, -0.05) is 32.0 Å². The van der Waals surface area contributed by atoms with E-state index in [1.54, 1.807) is 0 Å². The van der Waals surface area contributed by atoms with E-state index in [-0.39, 0.29) is 5.92 Å². The van der Waals surface area contributed by atoms with E-state index in [1.807, 2.05) is 10.7 Å². The number of para-hydroxylation sites is 1. The van der Waals surface area contributed by atoms with E-state index in [9.17, 15) is 0 Å². The molecule has 7 nitrogen and oxygen atoms in total. The minimum atomic E-state index is 0.246. The van der Waals surface area contributed by atoms with Gasteiger partial charge in [0.2, 0.25) is 5.95 Å². The Kier molecular flexibility index (Phi) is 4.86. The normalized spacial score (nSPS) is 21.3. The maximum Gasteiger partial charge on any atom is 0.227 e. The number of H-pyrrole nitrogens is 1. The van der Waals surface area contributed by atoms with Gasteiger partial charge in [-0.25, -0.2) is 4.98 Å². The van der Waals surface area contributed by atoms with E-state index in [4.69, 9.17) is 14.7 Å². The second-order valence-corrected chi connectivity index (χ2v) is 9.52. The number of anilines is 1. The zero-order valence-corrected chi connectivity index (χ0v) is 18.8. The highest BCUT2D eigenvalue weighted by atomic mass is 16.5. The zero-order valence-electron chi connectivity index (χ0n) is 18.8. The summed E-state index contributed by atoms with van der Waals surface area (Å²) in [6.45, 7) is 5.91. The third-order valence-corrected chi connectivity index (χ3v) is 6.99. The van der Waals surface area contributed by atoms with Crippen molar-refractivity contribution in [2.75, 3.05) is 18.5 Å². The molecule has 1 aliphatic heterocycles. The predicted molar refractivity (Wildman–Crippen MR) is 125 cm³/mol. The Bertz CT molecular complexity index is 1270. The molecular weight excluding hydrogens is 400 g/mol. The Labute approximate surface area is 187 Å². The molecule has 1 aliphatic carbocycles. The van der Waals surface area contributed by atoms with Crippen molar-refractivity contribution in [3.8, 4) is 0 Å². The molecule has 0 spiro atoms. The second-order valence-electron chi connectivity index (χ2n) is 9.52. The summed E-state index contributed by atoms with van der Waals surface area (Å²) in [4.78, 5) is 13.6. The van der Waals surface area contributed by atoms with Gasteiger partial charge < -0.3 is 15.0 Å². The molecule has 1 fully saturated rings. The molecule has 0 radical (unpaired) electrons. The highest BCUT2D eigenvalue weighted by Crippen LogP contribution is 2.31. The number of aromatic amines is 1. The maximum absolute atomic E-state index is 5.74. The first-order valence-corrected chi connectivity index (χ1v) is 11.9. The molecule has 0 amide bonds. The minimum Gasteiger partial charge on any atom is -0.381 e. The van der Waals surface area contributed by atoms with Crippen molar-refractivity contribution in [3.63, 3.8) is 0 Å². The molecule has 2 atom stereocenters. The average molecular weight is 431 g/mol. The Hall–Kier alpha value is -2.93. The molecule has 0 saturated carbocycles. The average Bonchev–Trinajstić information content (AvgIpc) is 3.41. The van der Waals surface area contributed by atoms with Crippen LogP contribution in [0.3, 0.4) is 0 Å². The van der Waals surface area contributed by atoms with Crippen molar-refractivity contribution in [1.29, 1.82) is 0 Å². The van der Waals surface area contributed by atoms with Gasteiger partial charge in [0.25, 0.3) is 0 Å². The molecule has 1 saturated heterocycles. The Morgan fingerprint density at radius 3 is 2.94 bits per heavy atom. The number of ether oxygens (including phenoxy) is 1. The monoisotopic (exact) mass is 430 g/mol. The lowest BCUT2D eigenvalue weighted by Crippen LogP contribution is -2.29. The third-order valence-electron chi connectivity index (χ3n) is 6.99. The predicted octanol–water partition coefficient (Wildman–Crippen LogP) is 4.59. The zero-order chi connectivity index (χ0) is 21.7. The van der Waals surface area contributed by atoms with Crippen LogP contribution in [0.2, 0.25) is 0 Å². The lowest BCUT2D eigenvalue weighted by Gasteiger charge is -2.25. The molecule has 166 valence electrons. The molecule has 4 aromatic rings. The van der Waals surface area contributed by atoms with E-state index in [0.717, 1.165) is 61.7 Å². The van der Waals surface area contributed by atoms with Crippen LogP contribution in [0.4, 0.5) is 5.95 Å². The largest absolute Gasteiger partial charge is 0.381 e. The molecule has 7 heteroatoms. The van der Waals surface area contributed by atoms with E-state index < -0.39 is 0 Å². The molecule has 2 aliphatic rings. The molecule has 0 bridgehead atoms. The van der Waals surface area contributed by atoms with Crippen molar-refractivity contribution in [2.45, 2.75) is 63.8 Å². The quantitative estimate of drug-likeness (QED) is 0.495. The first-order chi connectivity index (χ1) is 15.7. The minimum absolute atomic E-state index is 0.246. The van der Waals surface area contributed by atoms with Crippen LogP contribution in [0.15, 0.2) is 30.5 Å². The second kappa shape index (κ2) is 7.89. The van der Waals surface area contributed by atoms with Crippen LogP contribution in [0.1, 0.15) is 67.6 Å². The lowest BCUT2D eigenvalue weighted by molar-refractivity contribution is 0.0781. The number of fused-ring (bicyclic) bond motifs is 4. The van der Waals surface area contributed by atoms with E-state index in [0.29, 0.717) is 18.6 Å². The van der Waals surface area contributed by atoms with Gasteiger partial charge in [0.05, 0.1) is 12.8 Å². The van der Waals surface area contributed by atoms with Crippen LogP contribution in [0, 0.1) is 0 Å². The first kappa shape index (κ1) is 19.7. The number of nitrogens with one attached hydrogen (secondary N) is 2. The van der Waals surface area contributed by atoms with Crippen LogP contribution < -0.4 is 5.32 Å². The lowest BCUT2D eigenvalue weighted by atomic mass is 9.91. The number of rotatable bonds is 4. The van der Waals surface area contributed by atoms with Crippen LogP contribution in [-0.4, -0.2) is 43.8 Å². The van der Waals surface area contributed by atoms with E-state index in [2.05, 4.69) is 53.5 Å². The summed E-state index contributed by atoms with van der Waals surface area (Å²) in [6, 6.07) is 8.91.